The molecule has 2 amide bonds. The van der Waals surface area contributed by atoms with Gasteiger partial charge in [0.15, 0.2) is 0 Å². The third-order valence-corrected chi connectivity index (χ3v) is 8.22. The van der Waals surface area contributed by atoms with Gasteiger partial charge in [0.25, 0.3) is 5.91 Å². The van der Waals surface area contributed by atoms with Gasteiger partial charge in [0.1, 0.15) is 0 Å². The van der Waals surface area contributed by atoms with Crippen LogP contribution in [0.5, 0.6) is 0 Å². The molecule has 0 radical (unpaired) electrons. The molecule has 0 aromatic heterocycles. The molecule has 178 valence electrons. The van der Waals surface area contributed by atoms with Gasteiger partial charge in [-0.25, -0.2) is 8.42 Å². The number of rotatable bonds is 9. The Balaban J connectivity index is 1.51. The highest BCUT2D eigenvalue weighted by Gasteiger charge is 2.24. The summed E-state index contributed by atoms with van der Waals surface area (Å²) in [5.74, 6) is -0.0196. The molecule has 1 fully saturated rings. The SMILES string of the molecule is CCN(CC)S(=O)(=O)c1cccc(C(=O)NCC(=O)N2CCC(Cc3ccccc3)CC2)c1. The van der Waals surface area contributed by atoms with Gasteiger partial charge in [0.2, 0.25) is 15.9 Å². The number of nitrogens with zero attached hydrogens (tertiary/aromatic N) is 2. The molecule has 2 aromatic rings. The highest BCUT2D eigenvalue weighted by molar-refractivity contribution is 7.89. The van der Waals surface area contributed by atoms with E-state index in [1.807, 2.05) is 18.2 Å². The van der Waals surface area contributed by atoms with Crippen LogP contribution in [0.1, 0.15) is 42.6 Å². The summed E-state index contributed by atoms with van der Waals surface area (Å²) in [6.07, 6.45) is 2.91. The van der Waals surface area contributed by atoms with E-state index < -0.39 is 15.9 Å². The number of likely N-dealkylation sites (tertiary alicyclic amines) is 1. The largest absolute Gasteiger partial charge is 0.343 e. The first-order valence-corrected chi connectivity index (χ1v) is 13.0. The van der Waals surface area contributed by atoms with Crippen LogP contribution in [-0.4, -0.2) is 62.2 Å². The van der Waals surface area contributed by atoms with Gasteiger partial charge in [-0.05, 0) is 48.9 Å². The topological polar surface area (TPSA) is 86.8 Å². The van der Waals surface area contributed by atoms with Crippen LogP contribution in [0.3, 0.4) is 0 Å². The van der Waals surface area contributed by atoms with Crippen LogP contribution in [0, 0.1) is 5.92 Å². The lowest BCUT2D eigenvalue weighted by Gasteiger charge is -2.32. The van der Waals surface area contributed by atoms with Gasteiger partial charge in [0, 0.05) is 31.7 Å². The molecule has 8 heteroatoms. The third kappa shape index (κ3) is 6.42. The van der Waals surface area contributed by atoms with Gasteiger partial charge in [-0.1, -0.05) is 50.2 Å². The third-order valence-electron chi connectivity index (χ3n) is 6.17. The fourth-order valence-corrected chi connectivity index (χ4v) is 5.72. The van der Waals surface area contributed by atoms with E-state index in [0.717, 1.165) is 19.3 Å². The van der Waals surface area contributed by atoms with E-state index in [2.05, 4.69) is 17.4 Å². The number of nitrogens with one attached hydrogen (secondary N) is 1. The molecule has 2 aromatic carbocycles. The van der Waals surface area contributed by atoms with E-state index in [1.54, 1.807) is 30.9 Å². The van der Waals surface area contributed by atoms with Crippen LogP contribution in [0.15, 0.2) is 59.5 Å². The highest BCUT2D eigenvalue weighted by Crippen LogP contribution is 2.22. The van der Waals surface area contributed by atoms with E-state index in [0.29, 0.717) is 32.1 Å². The van der Waals surface area contributed by atoms with E-state index in [9.17, 15) is 18.0 Å². The molecule has 1 saturated heterocycles. The Morgan fingerprint density at radius 3 is 2.30 bits per heavy atom. The van der Waals surface area contributed by atoms with Crippen molar-refractivity contribution >= 4 is 21.8 Å². The molecule has 7 nitrogen and oxygen atoms in total. The normalized spacial score (nSPS) is 14.9. The molecule has 0 aliphatic carbocycles. The Morgan fingerprint density at radius 1 is 1.00 bits per heavy atom. The molecule has 1 aliphatic rings. The maximum Gasteiger partial charge on any atom is 0.251 e. The lowest BCUT2D eigenvalue weighted by molar-refractivity contribution is -0.131. The Labute approximate surface area is 196 Å². The predicted molar refractivity (Wildman–Crippen MR) is 128 cm³/mol. The van der Waals surface area contributed by atoms with Gasteiger partial charge >= 0.3 is 0 Å². The minimum atomic E-state index is -3.66. The molecular formula is C25H33N3O4S. The van der Waals surface area contributed by atoms with Crippen LogP contribution in [-0.2, 0) is 21.2 Å². The van der Waals surface area contributed by atoms with E-state index >= 15 is 0 Å². The highest BCUT2D eigenvalue weighted by atomic mass is 32.2. The molecule has 0 saturated carbocycles. The lowest BCUT2D eigenvalue weighted by Crippen LogP contribution is -2.44. The fourth-order valence-electron chi connectivity index (χ4n) is 4.21. The number of carbonyl (C=O) groups is 2. The summed E-state index contributed by atoms with van der Waals surface area (Å²) >= 11 is 0. The zero-order chi connectivity index (χ0) is 23.8. The maximum absolute atomic E-state index is 12.7. The van der Waals surface area contributed by atoms with E-state index in [1.165, 1.54) is 22.0 Å². The summed E-state index contributed by atoms with van der Waals surface area (Å²) in [4.78, 5) is 27.1. The number of sulfonamides is 1. The Bertz CT molecular complexity index is 1040. The average Bonchev–Trinajstić information content (AvgIpc) is 2.84. The van der Waals surface area contributed by atoms with Gasteiger partial charge in [-0.2, -0.15) is 4.31 Å². The maximum atomic E-state index is 12.7. The molecule has 1 aliphatic heterocycles. The number of hydrogen-bond acceptors (Lipinski definition) is 4. The minimum Gasteiger partial charge on any atom is -0.343 e. The molecule has 0 atom stereocenters. The molecule has 0 unspecified atom stereocenters. The minimum absolute atomic E-state index is 0.0747. The van der Waals surface area contributed by atoms with Crippen LogP contribution in [0.25, 0.3) is 0 Å². The standard InChI is InChI=1S/C25H33N3O4S/c1-3-28(4-2)33(31,32)23-12-8-11-22(18-23)25(30)26-19-24(29)27-15-13-21(14-16-27)17-20-9-6-5-7-10-20/h5-12,18,21H,3-4,13-17,19H2,1-2H3,(H,26,30). The first-order chi connectivity index (χ1) is 15.8. The van der Waals surface area contributed by atoms with Crippen molar-refractivity contribution in [2.45, 2.75) is 38.0 Å². The van der Waals surface area contributed by atoms with Gasteiger partial charge in [-0.3, -0.25) is 9.59 Å². The number of carbonyl (C=O) groups excluding carboxylic acids is 2. The van der Waals surface area contributed by atoms with Crippen molar-refractivity contribution in [1.82, 2.24) is 14.5 Å². The van der Waals surface area contributed by atoms with Crippen LogP contribution >= 0.6 is 0 Å². The molecule has 0 spiro atoms. The number of amides is 2. The van der Waals surface area contributed by atoms with Crippen molar-refractivity contribution in [3.05, 3.63) is 65.7 Å². The summed E-state index contributed by atoms with van der Waals surface area (Å²) in [5, 5.41) is 2.64. The first-order valence-electron chi connectivity index (χ1n) is 11.5. The quantitative estimate of drug-likeness (QED) is 0.609. The second-order valence-corrected chi connectivity index (χ2v) is 10.3. The molecule has 1 heterocycles. The monoisotopic (exact) mass is 471 g/mol. The van der Waals surface area contributed by atoms with Crippen LogP contribution in [0.4, 0.5) is 0 Å². The van der Waals surface area contributed by atoms with Gasteiger partial charge < -0.3 is 10.2 Å². The Hall–Kier alpha value is -2.71. The summed E-state index contributed by atoms with van der Waals surface area (Å²) in [7, 11) is -3.66. The number of hydrogen-bond donors (Lipinski definition) is 1. The fraction of sp³-hybridized carbons (Fsp3) is 0.440. The van der Waals surface area contributed by atoms with Crippen molar-refractivity contribution in [3.63, 3.8) is 0 Å². The summed E-state index contributed by atoms with van der Waals surface area (Å²) in [6.45, 7) is 5.52. The summed E-state index contributed by atoms with van der Waals surface area (Å²) < 4.78 is 26.8. The molecule has 1 N–H and O–H groups in total. The van der Waals surface area contributed by atoms with Crippen molar-refractivity contribution < 1.29 is 18.0 Å². The second kappa shape index (κ2) is 11.4. The molecule has 0 bridgehead atoms. The van der Waals surface area contributed by atoms with Crippen molar-refractivity contribution in [3.8, 4) is 0 Å². The zero-order valence-corrected chi connectivity index (χ0v) is 20.2. The van der Waals surface area contributed by atoms with Crippen LogP contribution in [0.2, 0.25) is 0 Å². The summed E-state index contributed by atoms with van der Waals surface area (Å²) in [6, 6.07) is 16.3. The van der Waals surface area contributed by atoms with Crippen molar-refractivity contribution in [1.29, 1.82) is 0 Å². The lowest BCUT2D eigenvalue weighted by atomic mass is 9.90. The molecule has 33 heavy (non-hydrogen) atoms. The van der Waals surface area contributed by atoms with E-state index in [-0.39, 0.29) is 22.9 Å². The number of piperidine rings is 1. The van der Waals surface area contributed by atoms with Crippen molar-refractivity contribution in [2.75, 3.05) is 32.7 Å². The van der Waals surface area contributed by atoms with Crippen molar-refractivity contribution in [2.24, 2.45) is 5.92 Å². The molecular weight excluding hydrogens is 438 g/mol. The second-order valence-electron chi connectivity index (χ2n) is 8.31. The predicted octanol–water partition coefficient (Wildman–Crippen LogP) is 2.93. The Kier molecular flexibility index (Phi) is 8.63. The van der Waals surface area contributed by atoms with Gasteiger partial charge in [-0.15, -0.1) is 0 Å². The van der Waals surface area contributed by atoms with E-state index in [4.69, 9.17) is 0 Å². The number of benzene rings is 2. The molecule has 3 rings (SSSR count). The zero-order valence-electron chi connectivity index (χ0n) is 19.4. The smallest absolute Gasteiger partial charge is 0.251 e. The van der Waals surface area contributed by atoms with Gasteiger partial charge in [0.05, 0.1) is 11.4 Å². The summed E-state index contributed by atoms with van der Waals surface area (Å²) in [5.41, 5.74) is 1.54. The Morgan fingerprint density at radius 2 is 1.67 bits per heavy atom. The average molecular weight is 472 g/mol. The first kappa shape index (κ1) is 24.9. The van der Waals surface area contributed by atoms with Crippen LogP contribution < -0.4 is 5.32 Å².